The zero-order chi connectivity index (χ0) is 19.9. The minimum Gasteiger partial charge on any atom is -0.493 e. The topological polar surface area (TPSA) is 81.9 Å². The lowest BCUT2D eigenvalue weighted by Gasteiger charge is -2.14. The van der Waals surface area contributed by atoms with Crippen LogP contribution in [0.15, 0.2) is 42.7 Å². The van der Waals surface area contributed by atoms with Crippen molar-refractivity contribution in [3.8, 4) is 17.3 Å². The molecule has 0 spiro atoms. The number of ether oxygens (including phenoxy) is 1. The Morgan fingerprint density at radius 3 is 2.89 bits per heavy atom. The van der Waals surface area contributed by atoms with Gasteiger partial charge in [0, 0.05) is 7.97 Å². The van der Waals surface area contributed by atoms with Crippen molar-refractivity contribution in [1.82, 2.24) is 19.7 Å². The molecule has 4 rings (SSSR count). The van der Waals surface area contributed by atoms with Crippen molar-refractivity contribution in [2.75, 3.05) is 11.9 Å². The molecule has 0 saturated heterocycles. The third kappa shape index (κ3) is 4.36. The number of anilines is 1. The normalized spacial score (nSPS) is 13.6. The summed E-state index contributed by atoms with van der Waals surface area (Å²) in [7, 11) is 0. The predicted molar refractivity (Wildman–Crippen MR) is 111 cm³/mol. The summed E-state index contributed by atoms with van der Waals surface area (Å²) < 4.78 is 7.83. The van der Waals surface area contributed by atoms with Crippen molar-refractivity contribution in [2.24, 2.45) is 0 Å². The van der Waals surface area contributed by atoms with Crippen LogP contribution in [0.3, 0.4) is 0 Å². The highest BCUT2D eigenvalue weighted by molar-refractivity contribution is 6.06. The Balaban J connectivity index is 0.000000970. The first kappa shape index (κ1) is 19.5. The molecule has 0 radical (unpaired) electrons. The van der Waals surface area contributed by atoms with Gasteiger partial charge in [0.25, 0.3) is 5.91 Å². The average Bonchev–Trinajstić information content (AvgIpc) is 3.18. The van der Waals surface area contributed by atoms with E-state index in [1.807, 2.05) is 55.7 Å². The third-order valence-electron chi connectivity index (χ3n) is 4.27. The molecule has 0 aliphatic carbocycles. The number of carbonyl (C=O) groups excluding carboxylic acids is 1. The van der Waals surface area contributed by atoms with E-state index in [1.54, 1.807) is 12.4 Å². The van der Waals surface area contributed by atoms with E-state index in [2.05, 4.69) is 20.5 Å². The van der Waals surface area contributed by atoms with E-state index in [-0.39, 0.29) is 7.33 Å². The Labute approximate surface area is 166 Å². The van der Waals surface area contributed by atoms with Gasteiger partial charge < -0.3 is 14.6 Å². The summed E-state index contributed by atoms with van der Waals surface area (Å²) >= 11 is 0. The predicted octanol–water partition coefficient (Wildman–Crippen LogP) is 4.35. The maximum absolute atomic E-state index is 12.8. The van der Waals surface area contributed by atoms with Crippen molar-refractivity contribution in [1.29, 1.82) is 0 Å². The standard InChI is InChI=1S/C19H19N5O2.C2H6.H2/c1-13-7-8-16-14(11-13)19(25)22-17-6-4-5-15(21-17)18-23-20-12-24(18)9-2-3-10-26-16;1-2;/h4-8,11-12H,2-3,9-10H2,1H3,(H,21,22,25);1-2H3;1H. The van der Waals surface area contributed by atoms with E-state index in [9.17, 15) is 4.79 Å². The molecule has 1 aliphatic heterocycles. The van der Waals surface area contributed by atoms with Crippen LogP contribution in [-0.2, 0) is 6.54 Å². The monoisotopic (exact) mass is 381 g/mol. The molecule has 0 atom stereocenters. The van der Waals surface area contributed by atoms with Gasteiger partial charge >= 0.3 is 0 Å². The molecule has 1 aromatic carbocycles. The molecule has 2 bridgehead atoms. The average molecular weight is 381 g/mol. The lowest BCUT2D eigenvalue weighted by Crippen LogP contribution is -2.16. The van der Waals surface area contributed by atoms with Crippen LogP contribution in [0.5, 0.6) is 5.75 Å². The lowest BCUT2D eigenvalue weighted by atomic mass is 10.1. The Bertz CT molecular complexity index is 958. The largest absolute Gasteiger partial charge is 0.493 e. The van der Waals surface area contributed by atoms with E-state index >= 15 is 0 Å². The number of amides is 1. The number of fused-ring (bicyclic) bond motifs is 5. The second-order valence-electron chi connectivity index (χ2n) is 6.27. The smallest absolute Gasteiger partial charge is 0.260 e. The molecule has 28 heavy (non-hydrogen) atoms. The van der Waals surface area contributed by atoms with Gasteiger partial charge in [0.2, 0.25) is 0 Å². The van der Waals surface area contributed by atoms with Crippen LogP contribution < -0.4 is 10.1 Å². The highest BCUT2D eigenvalue weighted by Gasteiger charge is 2.16. The first-order valence-corrected chi connectivity index (χ1v) is 9.61. The summed E-state index contributed by atoms with van der Waals surface area (Å²) in [5.41, 5.74) is 2.19. The van der Waals surface area contributed by atoms with Gasteiger partial charge in [-0.2, -0.15) is 0 Å². The number of benzene rings is 1. The van der Waals surface area contributed by atoms with Gasteiger partial charge in [-0.3, -0.25) is 4.79 Å². The number of nitrogens with one attached hydrogen (secondary N) is 1. The molecule has 0 unspecified atom stereocenters. The lowest BCUT2D eigenvalue weighted by molar-refractivity contribution is 0.102. The van der Waals surface area contributed by atoms with Gasteiger partial charge in [0.1, 0.15) is 23.6 Å². The Hall–Kier alpha value is -3.22. The number of aryl methyl sites for hydroxylation is 2. The fraction of sp³-hybridized carbons (Fsp3) is 0.333. The Morgan fingerprint density at radius 2 is 2.04 bits per heavy atom. The molecule has 1 N–H and O–H groups in total. The fourth-order valence-electron chi connectivity index (χ4n) is 2.94. The molecule has 7 heteroatoms. The van der Waals surface area contributed by atoms with Crippen LogP contribution in [-0.4, -0.2) is 32.3 Å². The van der Waals surface area contributed by atoms with E-state index in [1.165, 1.54) is 0 Å². The molecule has 1 amide bonds. The maximum Gasteiger partial charge on any atom is 0.260 e. The highest BCUT2D eigenvalue weighted by Crippen LogP contribution is 2.23. The van der Waals surface area contributed by atoms with Crippen molar-refractivity contribution < 1.29 is 11.0 Å². The zero-order valence-electron chi connectivity index (χ0n) is 16.5. The summed E-state index contributed by atoms with van der Waals surface area (Å²) in [6.45, 7) is 7.28. The van der Waals surface area contributed by atoms with Crippen LogP contribution in [0.2, 0.25) is 0 Å². The van der Waals surface area contributed by atoms with Crippen LogP contribution in [0.4, 0.5) is 5.82 Å². The second-order valence-corrected chi connectivity index (χ2v) is 6.27. The molecule has 3 aromatic rings. The quantitative estimate of drug-likeness (QED) is 0.626. The summed E-state index contributed by atoms with van der Waals surface area (Å²) in [4.78, 5) is 17.3. The van der Waals surface area contributed by atoms with Crippen molar-refractivity contribution in [2.45, 2.75) is 40.2 Å². The van der Waals surface area contributed by atoms with Crippen LogP contribution >= 0.6 is 0 Å². The van der Waals surface area contributed by atoms with Gasteiger partial charge in [0.15, 0.2) is 5.82 Å². The number of hydrogen-bond donors (Lipinski definition) is 1. The number of hydrogen-bond acceptors (Lipinski definition) is 5. The number of pyridine rings is 1. The van der Waals surface area contributed by atoms with Crippen molar-refractivity contribution >= 4 is 11.7 Å². The van der Waals surface area contributed by atoms with E-state index in [4.69, 9.17) is 4.74 Å². The molecular formula is C21H27N5O2. The summed E-state index contributed by atoms with van der Waals surface area (Å²) in [5.74, 6) is 1.50. The van der Waals surface area contributed by atoms with Crippen molar-refractivity contribution in [3.05, 3.63) is 53.9 Å². The Morgan fingerprint density at radius 1 is 1.18 bits per heavy atom. The molecule has 0 saturated carbocycles. The Kier molecular flexibility index (Phi) is 6.37. The molecule has 0 fully saturated rings. The number of nitrogens with zero attached hydrogens (tertiary/aromatic N) is 4. The molecule has 3 heterocycles. The number of rotatable bonds is 0. The first-order chi connectivity index (χ1) is 13.7. The third-order valence-corrected chi connectivity index (χ3v) is 4.27. The number of aromatic nitrogens is 4. The van der Waals surface area contributed by atoms with Gasteiger partial charge in [-0.15, -0.1) is 10.2 Å². The van der Waals surface area contributed by atoms with Crippen LogP contribution in [0.25, 0.3) is 11.5 Å². The van der Waals surface area contributed by atoms with Gasteiger partial charge in [0.05, 0.1) is 12.2 Å². The molecule has 1 aliphatic rings. The number of carbonyl (C=O) groups is 1. The molecular weight excluding hydrogens is 354 g/mol. The first-order valence-electron chi connectivity index (χ1n) is 9.61. The summed E-state index contributed by atoms with van der Waals surface area (Å²) in [6.07, 6.45) is 3.48. The van der Waals surface area contributed by atoms with Gasteiger partial charge in [-0.05, 0) is 44.0 Å². The maximum atomic E-state index is 12.8. The van der Waals surface area contributed by atoms with E-state index in [0.717, 1.165) is 24.9 Å². The second kappa shape index (κ2) is 9.12. The molecule has 148 valence electrons. The highest BCUT2D eigenvalue weighted by atomic mass is 16.5. The van der Waals surface area contributed by atoms with Gasteiger partial charge in [-0.1, -0.05) is 31.5 Å². The molecule has 2 aromatic heterocycles. The SMILES string of the molecule is CC.Cc1ccc2c(c1)C(=O)Nc1cccc(n1)-c1nncn1CCCCO2.[HH]. The zero-order valence-corrected chi connectivity index (χ0v) is 16.5. The molecule has 7 nitrogen and oxygen atoms in total. The van der Waals surface area contributed by atoms with E-state index < -0.39 is 0 Å². The van der Waals surface area contributed by atoms with E-state index in [0.29, 0.717) is 35.3 Å². The summed E-state index contributed by atoms with van der Waals surface area (Å²) in [6, 6.07) is 11.1. The van der Waals surface area contributed by atoms with Crippen LogP contribution in [0.1, 0.15) is 44.0 Å². The fourth-order valence-corrected chi connectivity index (χ4v) is 2.94. The minimum atomic E-state index is -0.244. The van der Waals surface area contributed by atoms with Crippen molar-refractivity contribution in [3.63, 3.8) is 0 Å². The summed E-state index contributed by atoms with van der Waals surface area (Å²) in [5, 5.41) is 11.0. The minimum absolute atomic E-state index is 0. The van der Waals surface area contributed by atoms with Gasteiger partial charge in [-0.25, -0.2) is 4.98 Å². The van der Waals surface area contributed by atoms with Crippen LogP contribution in [0, 0.1) is 6.92 Å².